The number of carbonyl (C=O) groups is 1. The van der Waals surface area contributed by atoms with Gasteiger partial charge in [0.1, 0.15) is 5.60 Å². The maximum Gasteiger partial charge on any atom is 0.309 e. The molecule has 5 nitrogen and oxygen atoms in total. The van der Waals surface area contributed by atoms with Crippen LogP contribution in [0.5, 0.6) is 0 Å². The third-order valence-corrected chi connectivity index (χ3v) is 8.00. The molecule has 150 valence electrons. The molecule has 3 saturated carbocycles. The SMILES string of the molecule is C=CC12CCCCC1O2.O=C(O)C1(CC2CCCCC2)CCC23OC2(C1)O3. The van der Waals surface area contributed by atoms with E-state index >= 15 is 0 Å². The van der Waals surface area contributed by atoms with Crippen molar-refractivity contribution in [2.24, 2.45) is 11.3 Å². The van der Waals surface area contributed by atoms with Crippen molar-refractivity contribution in [1.29, 1.82) is 0 Å². The van der Waals surface area contributed by atoms with E-state index in [0.29, 0.717) is 18.4 Å². The fourth-order valence-corrected chi connectivity index (χ4v) is 6.08. The van der Waals surface area contributed by atoms with Crippen molar-refractivity contribution in [3.63, 3.8) is 0 Å². The van der Waals surface area contributed by atoms with Crippen molar-refractivity contribution in [1.82, 2.24) is 0 Å². The molecular weight excluding hydrogens is 344 g/mol. The van der Waals surface area contributed by atoms with Crippen LogP contribution in [0.2, 0.25) is 0 Å². The summed E-state index contributed by atoms with van der Waals surface area (Å²) in [6, 6.07) is 0. The Bertz CT molecular complexity index is 633. The van der Waals surface area contributed by atoms with Gasteiger partial charge in [0.05, 0.1) is 11.5 Å². The molecule has 0 aromatic carbocycles. The maximum absolute atomic E-state index is 11.8. The van der Waals surface area contributed by atoms with E-state index < -0.39 is 17.2 Å². The molecule has 0 amide bonds. The average molecular weight is 376 g/mol. The average Bonchev–Trinajstić information content (AvgIpc) is 3.57. The van der Waals surface area contributed by atoms with E-state index in [9.17, 15) is 9.90 Å². The predicted octanol–water partition coefficient (Wildman–Crippen LogP) is 4.55. The summed E-state index contributed by atoms with van der Waals surface area (Å²) in [4.78, 5) is 11.8. The van der Waals surface area contributed by atoms with Crippen LogP contribution < -0.4 is 0 Å². The lowest BCUT2D eigenvalue weighted by molar-refractivity contribution is -0.154. The summed E-state index contributed by atoms with van der Waals surface area (Å²) in [5, 5.41) is 9.68. The van der Waals surface area contributed by atoms with Crippen LogP contribution in [0.4, 0.5) is 0 Å². The van der Waals surface area contributed by atoms with E-state index in [1.54, 1.807) is 0 Å². The Morgan fingerprint density at radius 3 is 2.33 bits per heavy atom. The summed E-state index contributed by atoms with van der Waals surface area (Å²) in [6.07, 6.45) is 16.8. The van der Waals surface area contributed by atoms with Crippen LogP contribution in [0.15, 0.2) is 12.7 Å². The lowest BCUT2D eigenvalue weighted by atomic mass is 9.67. The van der Waals surface area contributed by atoms with Crippen LogP contribution in [0.1, 0.15) is 83.5 Å². The van der Waals surface area contributed by atoms with Gasteiger partial charge in [0.25, 0.3) is 0 Å². The normalized spacial score (nSPS) is 49.4. The third-order valence-electron chi connectivity index (χ3n) is 8.00. The van der Waals surface area contributed by atoms with Gasteiger partial charge in [-0.3, -0.25) is 4.79 Å². The topological polar surface area (TPSA) is 74.9 Å². The Labute approximate surface area is 161 Å². The Morgan fingerprint density at radius 2 is 1.74 bits per heavy atom. The second-order valence-corrected chi connectivity index (χ2v) is 9.69. The fourth-order valence-electron chi connectivity index (χ4n) is 6.08. The predicted molar refractivity (Wildman–Crippen MR) is 99.0 cm³/mol. The molecule has 5 heteroatoms. The van der Waals surface area contributed by atoms with Crippen LogP contribution >= 0.6 is 0 Å². The fraction of sp³-hybridized carbons (Fsp3) is 0.864. The number of ether oxygens (including phenoxy) is 3. The highest BCUT2D eigenvalue weighted by Gasteiger charge is 2.93. The number of epoxide rings is 3. The summed E-state index contributed by atoms with van der Waals surface area (Å²) in [5.74, 6) is -0.852. The van der Waals surface area contributed by atoms with Crippen LogP contribution in [0.25, 0.3) is 0 Å². The second-order valence-electron chi connectivity index (χ2n) is 9.69. The van der Waals surface area contributed by atoms with E-state index in [1.165, 1.54) is 57.8 Å². The third kappa shape index (κ3) is 2.89. The van der Waals surface area contributed by atoms with Crippen LogP contribution in [0, 0.1) is 11.3 Å². The maximum atomic E-state index is 11.8. The molecule has 0 aromatic heterocycles. The second kappa shape index (κ2) is 6.04. The summed E-state index contributed by atoms with van der Waals surface area (Å²) < 4.78 is 16.6. The van der Waals surface area contributed by atoms with Crippen molar-refractivity contribution in [3.8, 4) is 0 Å². The van der Waals surface area contributed by atoms with Gasteiger partial charge in [0.2, 0.25) is 11.6 Å². The molecule has 0 radical (unpaired) electrons. The van der Waals surface area contributed by atoms with E-state index in [1.807, 2.05) is 6.08 Å². The zero-order valence-electron chi connectivity index (χ0n) is 16.2. The minimum absolute atomic E-state index is 0.151. The van der Waals surface area contributed by atoms with Gasteiger partial charge < -0.3 is 19.3 Å². The number of hydrogen-bond donors (Lipinski definition) is 1. The molecule has 27 heavy (non-hydrogen) atoms. The van der Waals surface area contributed by atoms with Gasteiger partial charge in [-0.25, -0.2) is 0 Å². The Morgan fingerprint density at radius 1 is 1.00 bits per heavy atom. The van der Waals surface area contributed by atoms with Gasteiger partial charge >= 0.3 is 5.97 Å². The van der Waals surface area contributed by atoms with Gasteiger partial charge in [0, 0.05) is 12.8 Å². The highest BCUT2D eigenvalue weighted by molar-refractivity contribution is 5.75. The first kappa shape index (κ1) is 18.1. The Kier molecular flexibility index (Phi) is 4.06. The number of fused-ring (bicyclic) bond motifs is 1. The molecule has 3 unspecified atom stereocenters. The van der Waals surface area contributed by atoms with Crippen LogP contribution in [0.3, 0.4) is 0 Å². The first-order valence-electron chi connectivity index (χ1n) is 10.9. The molecule has 6 rings (SSSR count). The van der Waals surface area contributed by atoms with E-state index in [2.05, 4.69) is 6.58 Å². The van der Waals surface area contributed by atoms with E-state index in [-0.39, 0.29) is 11.4 Å². The Balaban J connectivity index is 0.000000149. The highest BCUT2D eigenvalue weighted by atomic mass is 17.0. The number of aliphatic carboxylic acids is 1. The zero-order valence-corrected chi connectivity index (χ0v) is 16.2. The van der Waals surface area contributed by atoms with E-state index in [0.717, 1.165) is 19.3 Å². The molecule has 6 fully saturated rings. The van der Waals surface area contributed by atoms with Gasteiger partial charge in [-0.15, -0.1) is 6.58 Å². The van der Waals surface area contributed by atoms with Crippen molar-refractivity contribution in [2.45, 2.75) is 107 Å². The van der Waals surface area contributed by atoms with Crippen molar-refractivity contribution < 1.29 is 24.1 Å². The van der Waals surface area contributed by atoms with Crippen molar-refractivity contribution >= 4 is 5.97 Å². The summed E-state index contributed by atoms with van der Waals surface area (Å²) >= 11 is 0. The number of carboxylic acid groups (broad SMARTS) is 1. The van der Waals surface area contributed by atoms with Gasteiger partial charge in [-0.05, 0) is 31.6 Å². The first-order valence-corrected chi connectivity index (χ1v) is 10.9. The van der Waals surface area contributed by atoms with Gasteiger partial charge in [-0.1, -0.05) is 51.0 Å². The summed E-state index contributed by atoms with van der Waals surface area (Å²) in [5.41, 5.74) is -0.434. The van der Waals surface area contributed by atoms with Crippen molar-refractivity contribution in [3.05, 3.63) is 12.7 Å². The molecule has 3 atom stereocenters. The van der Waals surface area contributed by atoms with Crippen molar-refractivity contribution in [2.75, 3.05) is 0 Å². The highest BCUT2D eigenvalue weighted by Crippen LogP contribution is 2.77. The minimum atomic E-state index is -0.637. The first-order chi connectivity index (χ1) is 13.0. The quantitative estimate of drug-likeness (QED) is 0.575. The zero-order chi connectivity index (χ0) is 18.8. The lowest BCUT2D eigenvalue weighted by Gasteiger charge is -2.34. The Hall–Kier alpha value is -0.910. The molecule has 0 aromatic rings. The molecule has 1 N–H and O–H groups in total. The summed E-state index contributed by atoms with van der Waals surface area (Å²) in [7, 11) is 0. The van der Waals surface area contributed by atoms with Crippen LogP contribution in [-0.2, 0) is 19.0 Å². The molecule has 3 heterocycles. The molecule has 6 aliphatic rings. The summed E-state index contributed by atoms with van der Waals surface area (Å²) in [6.45, 7) is 3.77. The molecule has 3 saturated heterocycles. The molecule has 3 aliphatic heterocycles. The van der Waals surface area contributed by atoms with Crippen LogP contribution in [-0.4, -0.2) is 34.4 Å². The van der Waals surface area contributed by atoms with Gasteiger partial charge in [-0.2, -0.15) is 0 Å². The monoisotopic (exact) mass is 376 g/mol. The lowest BCUT2D eigenvalue weighted by Crippen LogP contribution is -2.38. The molecule has 3 aliphatic carbocycles. The molecule has 0 spiro atoms. The number of rotatable bonds is 4. The van der Waals surface area contributed by atoms with E-state index in [4.69, 9.17) is 14.2 Å². The number of hydrogen-bond acceptors (Lipinski definition) is 4. The smallest absolute Gasteiger partial charge is 0.309 e. The molecule has 0 bridgehead atoms. The standard InChI is InChI=1S/C14H20O4.C8H12O/c15-11(16)12(8-10-4-2-1-3-5-10)6-7-13-14(9-12,17-13)18-13;1-2-8-6-4-3-5-7(8)9-8/h10H,1-9H2,(H,15,16);2,7H,1,3-6H2. The largest absolute Gasteiger partial charge is 0.481 e. The number of carboxylic acids is 1. The minimum Gasteiger partial charge on any atom is -0.481 e. The van der Waals surface area contributed by atoms with Gasteiger partial charge in [0.15, 0.2) is 0 Å². The molecular formula is C22H32O5.